The maximum Gasteiger partial charge on any atom is 0.330 e. The number of allylic oxidation sites excluding steroid dienone is 1. The molecular formula is C13H19NO4S. The molecular weight excluding hydrogens is 266 g/mol. The number of rotatable bonds is 6. The van der Waals surface area contributed by atoms with Crippen LogP contribution >= 0.6 is 11.8 Å². The molecule has 1 rings (SSSR count). The Balaban J connectivity index is 2.29. The molecule has 0 amide bonds. The molecule has 0 aromatic rings. The van der Waals surface area contributed by atoms with Crippen LogP contribution in [0.15, 0.2) is 12.7 Å². The minimum Gasteiger partial charge on any atom is -0.392 e. The summed E-state index contributed by atoms with van der Waals surface area (Å²) >= 11 is 1.06. The van der Waals surface area contributed by atoms with Crippen molar-refractivity contribution in [3.8, 4) is 0 Å². The van der Waals surface area contributed by atoms with Crippen molar-refractivity contribution in [1.29, 1.82) is 0 Å². The first-order valence-electron chi connectivity index (χ1n) is 6.30. The van der Waals surface area contributed by atoms with Gasteiger partial charge in [0.1, 0.15) is 6.04 Å². The van der Waals surface area contributed by atoms with Gasteiger partial charge in [-0.1, -0.05) is 24.8 Å². The van der Waals surface area contributed by atoms with E-state index in [0.29, 0.717) is 12.2 Å². The lowest BCUT2D eigenvalue weighted by Crippen LogP contribution is -2.35. The molecule has 1 aliphatic heterocycles. The molecule has 19 heavy (non-hydrogen) atoms. The lowest BCUT2D eigenvalue weighted by molar-refractivity contribution is -0.163. The molecule has 1 unspecified atom stereocenters. The Morgan fingerprint density at radius 1 is 1.53 bits per heavy atom. The van der Waals surface area contributed by atoms with Gasteiger partial charge in [-0.15, -0.1) is 6.58 Å². The Kier molecular flexibility index (Phi) is 6.80. The highest BCUT2D eigenvalue weighted by atomic mass is 32.2. The summed E-state index contributed by atoms with van der Waals surface area (Å²) in [6.07, 6.45) is 3.41. The number of carbonyl (C=O) groups is 3. The van der Waals surface area contributed by atoms with E-state index in [-0.39, 0.29) is 17.6 Å². The molecule has 0 radical (unpaired) electrons. The van der Waals surface area contributed by atoms with Crippen LogP contribution in [0, 0.1) is 5.92 Å². The molecule has 0 aromatic heterocycles. The summed E-state index contributed by atoms with van der Waals surface area (Å²) in [5, 5.41) is 2.93. The number of thioether (sulfide) groups is 1. The Labute approximate surface area is 117 Å². The van der Waals surface area contributed by atoms with Crippen molar-refractivity contribution in [2.75, 3.05) is 12.3 Å². The van der Waals surface area contributed by atoms with Crippen molar-refractivity contribution >= 4 is 28.8 Å². The average molecular weight is 285 g/mol. The van der Waals surface area contributed by atoms with Crippen LogP contribution in [0.5, 0.6) is 0 Å². The van der Waals surface area contributed by atoms with E-state index >= 15 is 0 Å². The molecule has 106 valence electrons. The smallest absolute Gasteiger partial charge is 0.330 e. The second-order valence-electron chi connectivity index (χ2n) is 4.47. The third-order valence-electron chi connectivity index (χ3n) is 2.75. The zero-order chi connectivity index (χ0) is 14.3. The number of hydrogen-bond donors (Lipinski definition) is 1. The summed E-state index contributed by atoms with van der Waals surface area (Å²) in [6.45, 7) is 5.89. The Hall–Kier alpha value is -1.14. The number of hydrogen-bond acceptors (Lipinski definition) is 6. The predicted molar refractivity (Wildman–Crippen MR) is 73.6 cm³/mol. The van der Waals surface area contributed by atoms with Crippen molar-refractivity contribution in [3.63, 3.8) is 0 Å². The monoisotopic (exact) mass is 285 g/mol. The lowest BCUT2D eigenvalue weighted by Gasteiger charge is -2.12. The fourth-order valence-corrected chi connectivity index (χ4v) is 2.43. The molecule has 0 spiro atoms. The van der Waals surface area contributed by atoms with E-state index in [1.54, 1.807) is 6.92 Å². The topological polar surface area (TPSA) is 72.5 Å². The van der Waals surface area contributed by atoms with Crippen molar-refractivity contribution in [2.24, 2.45) is 5.92 Å². The van der Waals surface area contributed by atoms with E-state index < -0.39 is 17.9 Å². The number of carbonyl (C=O) groups excluding carboxylic acids is 3. The minimum atomic E-state index is -0.572. The fraction of sp³-hybridized carbons (Fsp3) is 0.615. The first-order chi connectivity index (χ1) is 9.04. The fourth-order valence-electron chi connectivity index (χ4n) is 1.62. The van der Waals surface area contributed by atoms with Crippen LogP contribution in [0.3, 0.4) is 0 Å². The second-order valence-corrected chi connectivity index (χ2v) is 5.54. The molecule has 1 saturated heterocycles. The van der Waals surface area contributed by atoms with E-state index in [1.807, 2.05) is 0 Å². The van der Waals surface area contributed by atoms with Crippen LogP contribution in [-0.2, 0) is 19.1 Å². The first kappa shape index (κ1) is 15.9. The summed E-state index contributed by atoms with van der Waals surface area (Å²) < 4.78 is 4.80. The normalized spacial score (nSPS) is 19.7. The molecule has 0 aromatic carbocycles. The predicted octanol–water partition coefficient (Wildman–Crippen LogP) is 1.28. The maximum atomic E-state index is 11.7. The van der Waals surface area contributed by atoms with Gasteiger partial charge >= 0.3 is 11.9 Å². The Morgan fingerprint density at radius 2 is 2.26 bits per heavy atom. The Bertz CT molecular complexity index is 364. The van der Waals surface area contributed by atoms with Crippen LogP contribution in [0.2, 0.25) is 0 Å². The lowest BCUT2D eigenvalue weighted by atomic mass is 10.2. The summed E-state index contributed by atoms with van der Waals surface area (Å²) in [5.41, 5.74) is 0. The molecule has 1 aliphatic rings. The molecule has 2 atom stereocenters. The highest BCUT2D eigenvalue weighted by Gasteiger charge is 2.27. The van der Waals surface area contributed by atoms with Gasteiger partial charge in [0, 0.05) is 12.2 Å². The summed E-state index contributed by atoms with van der Waals surface area (Å²) in [5.74, 6) is -1.25. The van der Waals surface area contributed by atoms with Crippen molar-refractivity contribution in [3.05, 3.63) is 12.7 Å². The van der Waals surface area contributed by atoms with Gasteiger partial charge in [-0.3, -0.25) is 9.59 Å². The van der Waals surface area contributed by atoms with Crippen LogP contribution in [0.1, 0.15) is 26.2 Å². The highest BCUT2D eigenvalue weighted by Crippen LogP contribution is 2.14. The van der Waals surface area contributed by atoms with Gasteiger partial charge in [0.25, 0.3) is 0 Å². The van der Waals surface area contributed by atoms with E-state index in [0.717, 1.165) is 24.7 Å². The SMILES string of the molecule is C=CCC(=O)SCC(C)C(=O)OC(=O)[C@@H]1CCCN1. The van der Waals surface area contributed by atoms with E-state index in [9.17, 15) is 14.4 Å². The van der Waals surface area contributed by atoms with Gasteiger partial charge in [0.15, 0.2) is 5.12 Å². The summed E-state index contributed by atoms with van der Waals surface area (Å²) in [6, 6.07) is -0.369. The average Bonchev–Trinajstić information content (AvgIpc) is 2.90. The van der Waals surface area contributed by atoms with Gasteiger partial charge in [0.05, 0.1) is 5.92 Å². The van der Waals surface area contributed by atoms with E-state index in [2.05, 4.69) is 11.9 Å². The number of nitrogens with one attached hydrogen (secondary N) is 1. The largest absolute Gasteiger partial charge is 0.392 e. The summed E-state index contributed by atoms with van der Waals surface area (Å²) in [4.78, 5) is 34.5. The molecule has 1 heterocycles. The highest BCUT2D eigenvalue weighted by molar-refractivity contribution is 8.13. The molecule has 0 bridgehead atoms. The molecule has 5 nitrogen and oxygen atoms in total. The molecule has 0 saturated carbocycles. The zero-order valence-electron chi connectivity index (χ0n) is 11.0. The van der Waals surface area contributed by atoms with Crippen LogP contribution in [0.4, 0.5) is 0 Å². The van der Waals surface area contributed by atoms with Gasteiger partial charge < -0.3 is 10.1 Å². The first-order valence-corrected chi connectivity index (χ1v) is 7.28. The third-order valence-corrected chi connectivity index (χ3v) is 3.91. The van der Waals surface area contributed by atoms with Gasteiger partial charge in [-0.05, 0) is 19.4 Å². The van der Waals surface area contributed by atoms with Crippen LogP contribution in [-0.4, -0.2) is 35.4 Å². The quantitative estimate of drug-likeness (QED) is 0.450. The van der Waals surface area contributed by atoms with Crippen LogP contribution < -0.4 is 5.32 Å². The number of esters is 2. The van der Waals surface area contributed by atoms with Gasteiger partial charge in [-0.25, -0.2) is 4.79 Å². The van der Waals surface area contributed by atoms with Gasteiger partial charge in [0.2, 0.25) is 0 Å². The molecule has 6 heteroatoms. The van der Waals surface area contributed by atoms with Crippen molar-refractivity contribution < 1.29 is 19.1 Å². The standard InChI is InChI=1S/C13H19NO4S/c1-3-5-11(15)19-8-9(2)12(16)18-13(17)10-6-4-7-14-10/h3,9-10,14H,1,4-8H2,2H3/t9?,10-/m0/s1. The second kappa shape index (κ2) is 8.12. The summed E-state index contributed by atoms with van der Waals surface area (Å²) in [7, 11) is 0. The molecule has 0 aliphatic carbocycles. The van der Waals surface area contributed by atoms with Crippen molar-refractivity contribution in [2.45, 2.75) is 32.2 Å². The molecule has 1 N–H and O–H groups in total. The van der Waals surface area contributed by atoms with E-state index in [4.69, 9.17) is 4.74 Å². The number of ether oxygens (including phenoxy) is 1. The van der Waals surface area contributed by atoms with Crippen LogP contribution in [0.25, 0.3) is 0 Å². The van der Waals surface area contributed by atoms with Gasteiger partial charge in [-0.2, -0.15) is 0 Å². The minimum absolute atomic E-state index is 0.0431. The molecule has 1 fully saturated rings. The Morgan fingerprint density at radius 3 is 2.84 bits per heavy atom. The third kappa shape index (κ3) is 5.57. The van der Waals surface area contributed by atoms with E-state index in [1.165, 1.54) is 6.08 Å². The zero-order valence-corrected chi connectivity index (χ0v) is 11.8. The van der Waals surface area contributed by atoms with Crippen molar-refractivity contribution in [1.82, 2.24) is 5.32 Å². The maximum absolute atomic E-state index is 11.7.